The number of hydrogen-bond acceptors (Lipinski definition) is 2. The smallest absolute Gasteiger partial charge is 0.219 e. The van der Waals surface area contributed by atoms with Crippen LogP contribution < -0.4 is 0 Å². The van der Waals surface area contributed by atoms with E-state index in [1.165, 1.54) is 6.42 Å². The molecule has 1 fully saturated rings. The second-order valence-corrected chi connectivity index (χ2v) is 5.40. The predicted molar refractivity (Wildman–Crippen MR) is 93.1 cm³/mol. The molecular formula is C19H31NO2. The minimum atomic E-state index is 0.222. The Balaban J connectivity index is 0.000000366. The van der Waals surface area contributed by atoms with Gasteiger partial charge in [0.1, 0.15) is 0 Å². The Labute approximate surface area is 135 Å². The van der Waals surface area contributed by atoms with E-state index < -0.39 is 0 Å². The van der Waals surface area contributed by atoms with Crippen LogP contribution in [0.3, 0.4) is 0 Å². The Bertz CT molecular complexity index is 428. The third kappa shape index (κ3) is 7.96. The number of likely N-dealkylation sites (tertiary alicyclic amines) is 1. The van der Waals surface area contributed by atoms with E-state index in [1.54, 1.807) is 6.92 Å². The highest BCUT2D eigenvalue weighted by molar-refractivity contribution is 5.95. The molecule has 0 bridgehead atoms. The SMILES string of the molecule is CC.CC(=O)N1CCC(C)C1.CCCC(=O)c1ccccc1. The van der Waals surface area contributed by atoms with E-state index in [0.29, 0.717) is 12.3 Å². The molecule has 1 atom stereocenters. The molecule has 0 aromatic heterocycles. The quantitative estimate of drug-likeness (QED) is 0.767. The molecule has 0 N–H and O–H groups in total. The number of amides is 1. The van der Waals surface area contributed by atoms with Crippen molar-refractivity contribution in [3.05, 3.63) is 35.9 Å². The topological polar surface area (TPSA) is 37.4 Å². The van der Waals surface area contributed by atoms with Gasteiger partial charge in [0.25, 0.3) is 0 Å². The number of hydrogen-bond donors (Lipinski definition) is 0. The van der Waals surface area contributed by atoms with Gasteiger partial charge in [-0.2, -0.15) is 0 Å². The third-order valence-corrected chi connectivity index (χ3v) is 3.44. The Morgan fingerprint density at radius 2 is 1.77 bits per heavy atom. The van der Waals surface area contributed by atoms with Gasteiger partial charge in [-0.25, -0.2) is 0 Å². The predicted octanol–water partition coefficient (Wildman–Crippen LogP) is 4.57. The molecule has 1 aromatic rings. The highest BCUT2D eigenvalue weighted by Gasteiger charge is 2.19. The molecule has 0 radical (unpaired) electrons. The number of benzene rings is 1. The van der Waals surface area contributed by atoms with Crippen LogP contribution in [0.2, 0.25) is 0 Å². The van der Waals surface area contributed by atoms with Gasteiger partial charge in [0, 0.05) is 32.0 Å². The maximum Gasteiger partial charge on any atom is 0.219 e. The summed E-state index contributed by atoms with van der Waals surface area (Å²) in [6, 6.07) is 9.42. The second kappa shape index (κ2) is 12.0. The molecule has 3 heteroatoms. The zero-order chi connectivity index (χ0) is 17.0. The summed E-state index contributed by atoms with van der Waals surface area (Å²) in [5, 5.41) is 0. The summed E-state index contributed by atoms with van der Waals surface area (Å²) in [5.41, 5.74) is 0.828. The second-order valence-electron chi connectivity index (χ2n) is 5.40. The molecule has 1 unspecified atom stereocenters. The van der Waals surface area contributed by atoms with E-state index in [4.69, 9.17) is 0 Å². The lowest BCUT2D eigenvalue weighted by molar-refractivity contribution is -0.127. The fraction of sp³-hybridized carbons (Fsp3) is 0.579. The lowest BCUT2D eigenvalue weighted by atomic mass is 10.1. The van der Waals surface area contributed by atoms with Gasteiger partial charge < -0.3 is 4.90 Å². The number of Topliss-reactive ketones (excluding diaryl/α,β-unsaturated/α-hetero) is 1. The lowest BCUT2D eigenvalue weighted by Crippen LogP contribution is -2.25. The van der Waals surface area contributed by atoms with Crippen LogP contribution in [0.5, 0.6) is 0 Å². The number of nitrogens with zero attached hydrogens (tertiary/aromatic N) is 1. The van der Waals surface area contributed by atoms with Crippen LogP contribution in [0.1, 0.15) is 64.2 Å². The van der Waals surface area contributed by atoms with Gasteiger partial charge in [-0.15, -0.1) is 0 Å². The normalized spacial score (nSPS) is 16.0. The summed E-state index contributed by atoms with van der Waals surface area (Å²) in [4.78, 5) is 23.9. The molecule has 22 heavy (non-hydrogen) atoms. The molecule has 1 amide bonds. The van der Waals surface area contributed by atoms with E-state index in [2.05, 4.69) is 6.92 Å². The van der Waals surface area contributed by atoms with Gasteiger partial charge in [0.15, 0.2) is 5.78 Å². The molecule has 2 rings (SSSR count). The summed E-state index contributed by atoms with van der Waals surface area (Å²) in [7, 11) is 0. The molecular weight excluding hydrogens is 274 g/mol. The molecule has 1 aromatic carbocycles. The van der Waals surface area contributed by atoms with Crippen molar-refractivity contribution >= 4 is 11.7 Å². The van der Waals surface area contributed by atoms with Crippen molar-refractivity contribution in [3.63, 3.8) is 0 Å². The van der Waals surface area contributed by atoms with Gasteiger partial charge in [0.2, 0.25) is 5.91 Å². The van der Waals surface area contributed by atoms with Gasteiger partial charge in [-0.05, 0) is 18.8 Å². The van der Waals surface area contributed by atoms with E-state index in [9.17, 15) is 9.59 Å². The number of rotatable bonds is 3. The monoisotopic (exact) mass is 305 g/mol. The van der Waals surface area contributed by atoms with Crippen LogP contribution >= 0.6 is 0 Å². The van der Waals surface area contributed by atoms with Crippen LogP contribution in [-0.4, -0.2) is 29.7 Å². The van der Waals surface area contributed by atoms with Gasteiger partial charge in [-0.1, -0.05) is 58.0 Å². The maximum atomic E-state index is 11.2. The standard InChI is InChI=1S/C10H12O.C7H13NO.C2H6/c1-2-6-10(11)9-7-4-3-5-8-9;1-6-3-4-8(5-6)7(2)9;1-2/h3-5,7-8H,2,6H2,1H3;6H,3-5H2,1-2H3;1-2H3. The Kier molecular flexibility index (Phi) is 11.1. The minimum absolute atomic E-state index is 0.222. The summed E-state index contributed by atoms with van der Waals surface area (Å²) < 4.78 is 0. The fourth-order valence-electron chi connectivity index (χ4n) is 2.22. The van der Waals surface area contributed by atoms with Crippen molar-refractivity contribution in [3.8, 4) is 0 Å². The van der Waals surface area contributed by atoms with Crippen LogP contribution in [0, 0.1) is 5.92 Å². The maximum absolute atomic E-state index is 11.2. The van der Waals surface area contributed by atoms with Crippen molar-refractivity contribution in [2.45, 2.75) is 53.9 Å². The average molecular weight is 305 g/mol. The lowest BCUT2D eigenvalue weighted by Gasteiger charge is -2.11. The van der Waals surface area contributed by atoms with Crippen LogP contribution in [-0.2, 0) is 4.79 Å². The summed E-state index contributed by atoms with van der Waals surface area (Å²) in [6.07, 6.45) is 2.76. The Morgan fingerprint density at radius 3 is 2.14 bits per heavy atom. The number of ketones is 1. The van der Waals surface area contributed by atoms with Gasteiger partial charge in [0.05, 0.1) is 0 Å². The van der Waals surface area contributed by atoms with E-state index in [-0.39, 0.29) is 11.7 Å². The van der Waals surface area contributed by atoms with E-state index in [0.717, 1.165) is 25.1 Å². The van der Waals surface area contributed by atoms with Crippen LogP contribution in [0.15, 0.2) is 30.3 Å². The first kappa shape index (κ1) is 20.4. The molecule has 1 saturated heterocycles. The van der Waals surface area contributed by atoms with Gasteiger partial charge in [-0.3, -0.25) is 9.59 Å². The molecule has 0 saturated carbocycles. The average Bonchev–Trinajstić information content (AvgIpc) is 2.98. The van der Waals surface area contributed by atoms with Crippen molar-refractivity contribution in [1.82, 2.24) is 4.90 Å². The van der Waals surface area contributed by atoms with Gasteiger partial charge >= 0.3 is 0 Å². The third-order valence-electron chi connectivity index (χ3n) is 3.44. The van der Waals surface area contributed by atoms with Crippen LogP contribution in [0.4, 0.5) is 0 Å². The highest BCUT2D eigenvalue weighted by atomic mass is 16.2. The zero-order valence-electron chi connectivity index (χ0n) is 14.8. The largest absolute Gasteiger partial charge is 0.343 e. The van der Waals surface area contributed by atoms with Crippen molar-refractivity contribution in [1.29, 1.82) is 0 Å². The number of carbonyl (C=O) groups is 2. The minimum Gasteiger partial charge on any atom is -0.343 e. The Morgan fingerprint density at radius 1 is 1.18 bits per heavy atom. The fourth-order valence-corrected chi connectivity index (χ4v) is 2.22. The first-order valence-corrected chi connectivity index (χ1v) is 8.38. The molecule has 3 nitrogen and oxygen atoms in total. The van der Waals surface area contributed by atoms with Crippen molar-refractivity contribution in [2.75, 3.05) is 13.1 Å². The summed E-state index contributed by atoms with van der Waals surface area (Å²) >= 11 is 0. The molecule has 124 valence electrons. The Hall–Kier alpha value is -1.64. The molecule has 1 aliphatic heterocycles. The summed E-state index contributed by atoms with van der Waals surface area (Å²) in [6.45, 7) is 11.8. The zero-order valence-corrected chi connectivity index (χ0v) is 14.8. The van der Waals surface area contributed by atoms with Crippen molar-refractivity contribution in [2.24, 2.45) is 5.92 Å². The van der Waals surface area contributed by atoms with E-state index >= 15 is 0 Å². The van der Waals surface area contributed by atoms with Crippen LogP contribution in [0.25, 0.3) is 0 Å². The molecule has 0 spiro atoms. The first-order valence-electron chi connectivity index (χ1n) is 8.38. The molecule has 1 aliphatic rings. The van der Waals surface area contributed by atoms with Crippen molar-refractivity contribution < 1.29 is 9.59 Å². The highest BCUT2D eigenvalue weighted by Crippen LogP contribution is 2.14. The van der Waals surface area contributed by atoms with E-state index in [1.807, 2.05) is 56.0 Å². The molecule has 1 heterocycles. The number of carbonyl (C=O) groups excluding carboxylic acids is 2. The molecule has 0 aliphatic carbocycles. The summed E-state index contributed by atoms with van der Waals surface area (Å²) in [5.74, 6) is 1.18. The first-order chi connectivity index (χ1) is 10.5.